The molecule has 0 aromatic heterocycles. The first-order valence-electron chi connectivity index (χ1n) is 3.59. The Morgan fingerprint density at radius 1 is 1.60 bits per heavy atom. The van der Waals surface area contributed by atoms with Crippen molar-refractivity contribution in [2.24, 2.45) is 11.8 Å². The van der Waals surface area contributed by atoms with E-state index in [1.165, 1.54) is 0 Å². The smallest absolute Gasteiger partial charge is 0.320 e. The summed E-state index contributed by atoms with van der Waals surface area (Å²) in [6, 6.07) is -0.324. The zero-order chi connectivity index (χ0) is 7.72. The van der Waals surface area contributed by atoms with Crippen molar-refractivity contribution in [2.75, 3.05) is 6.54 Å². The molecule has 10 heavy (non-hydrogen) atoms. The topological polar surface area (TPSA) is 49.3 Å². The molecule has 1 heterocycles. The van der Waals surface area contributed by atoms with E-state index in [4.69, 9.17) is 5.11 Å². The predicted molar refractivity (Wildman–Crippen MR) is 37.8 cm³/mol. The summed E-state index contributed by atoms with van der Waals surface area (Å²) in [6.07, 6.45) is 0. The van der Waals surface area contributed by atoms with E-state index in [0.29, 0.717) is 5.92 Å². The van der Waals surface area contributed by atoms with Crippen molar-refractivity contribution >= 4 is 5.97 Å². The average molecular weight is 143 g/mol. The molecule has 3 heteroatoms. The third-order valence-corrected chi connectivity index (χ3v) is 2.35. The average Bonchev–Trinajstić information content (AvgIpc) is 2.14. The van der Waals surface area contributed by atoms with Gasteiger partial charge in [-0.15, -0.1) is 0 Å². The predicted octanol–water partition coefficient (Wildman–Crippen LogP) is 0.315. The fourth-order valence-electron chi connectivity index (χ4n) is 1.33. The van der Waals surface area contributed by atoms with Crippen LogP contribution in [0.25, 0.3) is 0 Å². The monoisotopic (exact) mass is 143 g/mol. The normalized spacial score (nSPS) is 40.0. The molecule has 0 aromatic carbocycles. The van der Waals surface area contributed by atoms with Crippen molar-refractivity contribution in [2.45, 2.75) is 19.9 Å². The number of aliphatic carboxylic acids is 1. The van der Waals surface area contributed by atoms with Crippen molar-refractivity contribution in [3.8, 4) is 0 Å². The SMILES string of the molecule is C[C@@H]1[C@H](C)CN[C@@H]1C(=O)O. The van der Waals surface area contributed by atoms with Crippen LogP contribution < -0.4 is 5.32 Å². The number of carboxylic acids is 1. The third kappa shape index (κ3) is 1.14. The van der Waals surface area contributed by atoms with E-state index in [2.05, 4.69) is 12.2 Å². The second kappa shape index (κ2) is 2.58. The highest BCUT2D eigenvalue weighted by Crippen LogP contribution is 2.20. The lowest BCUT2D eigenvalue weighted by molar-refractivity contribution is -0.140. The van der Waals surface area contributed by atoms with Gasteiger partial charge in [0.05, 0.1) is 0 Å². The molecule has 0 radical (unpaired) electrons. The zero-order valence-electron chi connectivity index (χ0n) is 6.29. The zero-order valence-corrected chi connectivity index (χ0v) is 6.29. The summed E-state index contributed by atoms with van der Waals surface area (Å²) in [5.41, 5.74) is 0. The molecule has 1 aliphatic heterocycles. The van der Waals surface area contributed by atoms with E-state index in [-0.39, 0.29) is 12.0 Å². The molecule has 2 N–H and O–H groups in total. The molecule has 0 amide bonds. The molecular formula is C7H13NO2. The minimum absolute atomic E-state index is 0.262. The Balaban J connectivity index is 2.57. The Morgan fingerprint density at radius 2 is 2.20 bits per heavy atom. The van der Waals surface area contributed by atoms with Gasteiger partial charge in [-0.2, -0.15) is 0 Å². The Kier molecular flexibility index (Phi) is 1.94. The lowest BCUT2D eigenvalue weighted by Gasteiger charge is -2.11. The van der Waals surface area contributed by atoms with Gasteiger partial charge in [0, 0.05) is 0 Å². The first-order chi connectivity index (χ1) is 4.63. The van der Waals surface area contributed by atoms with E-state index in [9.17, 15) is 4.79 Å². The van der Waals surface area contributed by atoms with E-state index in [1.807, 2.05) is 6.92 Å². The van der Waals surface area contributed by atoms with Crippen LogP contribution >= 0.6 is 0 Å². The molecule has 0 spiro atoms. The molecule has 3 nitrogen and oxygen atoms in total. The van der Waals surface area contributed by atoms with E-state index >= 15 is 0 Å². The lowest BCUT2D eigenvalue weighted by atomic mass is 9.94. The first-order valence-corrected chi connectivity index (χ1v) is 3.59. The number of rotatable bonds is 1. The van der Waals surface area contributed by atoms with Crippen molar-refractivity contribution in [1.29, 1.82) is 0 Å². The standard InChI is InChI=1S/C7H13NO2/c1-4-3-8-6(5(4)2)7(9)10/h4-6,8H,3H2,1-2H3,(H,9,10)/t4-,5-,6+/m1/s1. The maximum absolute atomic E-state index is 10.5. The molecule has 0 aliphatic carbocycles. The van der Waals surface area contributed by atoms with Crippen molar-refractivity contribution < 1.29 is 9.90 Å². The number of hydrogen-bond acceptors (Lipinski definition) is 2. The maximum atomic E-state index is 10.5. The Morgan fingerprint density at radius 3 is 2.40 bits per heavy atom. The van der Waals surface area contributed by atoms with Crippen LogP contribution in [-0.2, 0) is 4.79 Å². The van der Waals surface area contributed by atoms with Gasteiger partial charge in [-0.05, 0) is 18.4 Å². The number of nitrogens with one attached hydrogen (secondary N) is 1. The molecule has 1 fully saturated rings. The van der Waals surface area contributed by atoms with Crippen LogP contribution in [0.5, 0.6) is 0 Å². The molecule has 0 saturated carbocycles. The Hall–Kier alpha value is -0.570. The largest absolute Gasteiger partial charge is 0.480 e. The van der Waals surface area contributed by atoms with Crippen molar-refractivity contribution in [3.05, 3.63) is 0 Å². The lowest BCUT2D eigenvalue weighted by Crippen LogP contribution is -2.34. The van der Waals surface area contributed by atoms with Crippen molar-refractivity contribution in [1.82, 2.24) is 5.32 Å². The van der Waals surface area contributed by atoms with Crippen LogP contribution in [0.2, 0.25) is 0 Å². The van der Waals surface area contributed by atoms with Crippen LogP contribution in [0.15, 0.2) is 0 Å². The minimum atomic E-state index is -0.725. The molecule has 1 saturated heterocycles. The summed E-state index contributed by atoms with van der Waals surface area (Å²) in [6.45, 7) is 4.88. The third-order valence-electron chi connectivity index (χ3n) is 2.35. The number of hydrogen-bond donors (Lipinski definition) is 2. The molecule has 0 aromatic rings. The second-order valence-corrected chi connectivity index (χ2v) is 3.06. The van der Waals surface area contributed by atoms with Gasteiger partial charge < -0.3 is 10.4 Å². The van der Waals surface area contributed by atoms with Crippen LogP contribution in [0.4, 0.5) is 0 Å². The van der Waals surface area contributed by atoms with Gasteiger partial charge in [0.25, 0.3) is 0 Å². The molecule has 1 aliphatic rings. The van der Waals surface area contributed by atoms with Crippen LogP contribution in [-0.4, -0.2) is 23.7 Å². The fourth-order valence-corrected chi connectivity index (χ4v) is 1.33. The van der Waals surface area contributed by atoms with Gasteiger partial charge in [0.15, 0.2) is 0 Å². The molecule has 58 valence electrons. The first kappa shape index (κ1) is 7.54. The highest BCUT2D eigenvalue weighted by atomic mass is 16.4. The quantitative estimate of drug-likeness (QED) is 0.555. The van der Waals surface area contributed by atoms with E-state index in [0.717, 1.165) is 6.54 Å². The van der Waals surface area contributed by atoms with Gasteiger partial charge in [-0.3, -0.25) is 4.79 Å². The van der Waals surface area contributed by atoms with E-state index < -0.39 is 5.97 Å². The summed E-state index contributed by atoms with van der Waals surface area (Å²) in [7, 11) is 0. The summed E-state index contributed by atoms with van der Waals surface area (Å²) in [5.74, 6) is 0.0236. The molecule has 3 atom stereocenters. The van der Waals surface area contributed by atoms with Crippen LogP contribution in [0.3, 0.4) is 0 Å². The Bertz CT molecular complexity index is 147. The second-order valence-electron chi connectivity index (χ2n) is 3.06. The highest BCUT2D eigenvalue weighted by Gasteiger charge is 2.33. The summed E-state index contributed by atoms with van der Waals surface area (Å²) < 4.78 is 0. The molecule has 0 unspecified atom stereocenters. The minimum Gasteiger partial charge on any atom is -0.480 e. The van der Waals surface area contributed by atoms with Gasteiger partial charge in [-0.1, -0.05) is 13.8 Å². The fraction of sp³-hybridized carbons (Fsp3) is 0.857. The highest BCUT2D eigenvalue weighted by molar-refractivity contribution is 5.74. The molecular weight excluding hydrogens is 130 g/mol. The maximum Gasteiger partial charge on any atom is 0.320 e. The van der Waals surface area contributed by atoms with Gasteiger partial charge in [-0.25, -0.2) is 0 Å². The number of carboxylic acid groups (broad SMARTS) is 1. The van der Waals surface area contributed by atoms with Gasteiger partial charge in [0.1, 0.15) is 6.04 Å². The van der Waals surface area contributed by atoms with Gasteiger partial charge in [0.2, 0.25) is 0 Å². The summed E-state index contributed by atoms with van der Waals surface area (Å²) >= 11 is 0. The van der Waals surface area contributed by atoms with Crippen LogP contribution in [0.1, 0.15) is 13.8 Å². The van der Waals surface area contributed by atoms with E-state index in [1.54, 1.807) is 0 Å². The Labute approximate surface area is 60.4 Å². The summed E-state index contributed by atoms with van der Waals surface area (Å²) in [4.78, 5) is 10.5. The van der Waals surface area contributed by atoms with Crippen molar-refractivity contribution in [3.63, 3.8) is 0 Å². The molecule has 1 rings (SSSR count). The van der Waals surface area contributed by atoms with Crippen LogP contribution in [0, 0.1) is 11.8 Å². The van der Waals surface area contributed by atoms with Gasteiger partial charge >= 0.3 is 5.97 Å². The number of carbonyl (C=O) groups is 1. The summed E-state index contributed by atoms with van der Waals surface area (Å²) in [5, 5.41) is 11.6. The molecule has 0 bridgehead atoms.